The van der Waals surface area contributed by atoms with E-state index in [0.717, 1.165) is 33.7 Å². The normalized spacial score (nSPS) is 10.5. The Morgan fingerprint density at radius 3 is 2.52 bits per heavy atom. The molecule has 1 N–H and O–H groups in total. The molecule has 2 aromatic carbocycles. The fourth-order valence-electron chi connectivity index (χ4n) is 2.28. The maximum atomic E-state index is 5.80. The van der Waals surface area contributed by atoms with Crippen molar-refractivity contribution in [2.24, 2.45) is 0 Å². The second-order valence-corrected chi connectivity index (χ2v) is 6.77. The fourth-order valence-corrected chi connectivity index (χ4v) is 3.10. The molecule has 23 heavy (non-hydrogen) atoms. The highest BCUT2D eigenvalue weighted by atomic mass is 127. The van der Waals surface area contributed by atoms with Crippen molar-refractivity contribution in [1.29, 1.82) is 0 Å². The molecule has 0 aliphatic carbocycles. The number of nitrogens with one attached hydrogen (secondary N) is 1. The van der Waals surface area contributed by atoms with E-state index in [1.807, 2.05) is 6.07 Å². The predicted molar refractivity (Wildman–Crippen MR) is 105 cm³/mol. The van der Waals surface area contributed by atoms with Crippen LogP contribution in [-0.2, 0) is 6.54 Å². The van der Waals surface area contributed by atoms with Crippen LogP contribution in [0.3, 0.4) is 0 Å². The first-order chi connectivity index (χ1) is 11.0. The van der Waals surface area contributed by atoms with E-state index in [1.165, 1.54) is 16.7 Å². The zero-order valence-corrected chi connectivity index (χ0v) is 16.4. The van der Waals surface area contributed by atoms with Crippen LogP contribution in [0.5, 0.6) is 11.5 Å². The zero-order valence-electron chi connectivity index (χ0n) is 14.2. The van der Waals surface area contributed by atoms with Crippen molar-refractivity contribution < 1.29 is 9.47 Å². The number of hydrogen-bond acceptors (Lipinski definition) is 3. The minimum absolute atomic E-state index is 0.701. The van der Waals surface area contributed by atoms with Crippen molar-refractivity contribution in [3.05, 3.63) is 50.6 Å². The summed E-state index contributed by atoms with van der Waals surface area (Å²) in [5.74, 6) is 1.63. The molecule has 0 bridgehead atoms. The van der Waals surface area contributed by atoms with E-state index in [-0.39, 0.29) is 0 Å². The molecule has 0 amide bonds. The molecule has 0 fully saturated rings. The minimum atomic E-state index is 0.701. The first-order valence-electron chi connectivity index (χ1n) is 7.85. The third-order valence-electron chi connectivity index (χ3n) is 3.74. The Balaban J connectivity index is 2.13. The lowest BCUT2D eigenvalue weighted by Gasteiger charge is -2.15. The van der Waals surface area contributed by atoms with Gasteiger partial charge in [0, 0.05) is 12.2 Å². The van der Waals surface area contributed by atoms with E-state index in [2.05, 4.69) is 72.9 Å². The Labute approximate surface area is 152 Å². The molecule has 0 aliphatic heterocycles. The van der Waals surface area contributed by atoms with E-state index in [9.17, 15) is 0 Å². The summed E-state index contributed by atoms with van der Waals surface area (Å²) in [6.07, 6.45) is 0.981. The number of methoxy groups -OCH3 is 1. The van der Waals surface area contributed by atoms with Crippen molar-refractivity contribution >= 4 is 28.3 Å². The Hall–Kier alpha value is -1.43. The van der Waals surface area contributed by atoms with Crippen LogP contribution in [0.2, 0.25) is 0 Å². The number of halogens is 1. The van der Waals surface area contributed by atoms with Gasteiger partial charge in [0.2, 0.25) is 0 Å². The van der Waals surface area contributed by atoms with Crippen LogP contribution >= 0.6 is 22.6 Å². The van der Waals surface area contributed by atoms with Gasteiger partial charge in [-0.2, -0.15) is 0 Å². The first-order valence-corrected chi connectivity index (χ1v) is 8.93. The maximum absolute atomic E-state index is 5.80. The summed E-state index contributed by atoms with van der Waals surface area (Å²) in [6, 6.07) is 10.6. The summed E-state index contributed by atoms with van der Waals surface area (Å²) in [6.45, 7) is 7.81. The number of ether oxygens (including phenoxy) is 2. The maximum Gasteiger partial charge on any atom is 0.174 e. The second-order valence-electron chi connectivity index (χ2n) is 5.61. The average molecular weight is 425 g/mol. The SMILES string of the molecule is CCCOc1c(I)cc(CNc2ccc(C)c(C)c2)cc1OC. The number of aryl methyl sites for hydroxylation is 2. The van der Waals surface area contributed by atoms with Gasteiger partial charge in [0.05, 0.1) is 17.3 Å². The van der Waals surface area contributed by atoms with Gasteiger partial charge in [-0.3, -0.25) is 0 Å². The highest BCUT2D eigenvalue weighted by Crippen LogP contribution is 2.34. The van der Waals surface area contributed by atoms with Crippen molar-refractivity contribution in [1.82, 2.24) is 0 Å². The van der Waals surface area contributed by atoms with Crippen molar-refractivity contribution in [2.45, 2.75) is 33.7 Å². The highest BCUT2D eigenvalue weighted by Gasteiger charge is 2.11. The van der Waals surface area contributed by atoms with Gasteiger partial charge in [0.15, 0.2) is 11.5 Å². The molecule has 0 radical (unpaired) electrons. The van der Waals surface area contributed by atoms with Gasteiger partial charge in [0.25, 0.3) is 0 Å². The van der Waals surface area contributed by atoms with Crippen molar-refractivity contribution in [3.8, 4) is 11.5 Å². The Kier molecular flexibility index (Phi) is 6.57. The summed E-state index contributed by atoms with van der Waals surface area (Å²) < 4.78 is 12.4. The lowest BCUT2D eigenvalue weighted by Crippen LogP contribution is -2.04. The molecule has 124 valence electrons. The number of rotatable bonds is 7. The van der Waals surface area contributed by atoms with E-state index < -0.39 is 0 Å². The molecule has 0 spiro atoms. The molecule has 3 nitrogen and oxygen atoms in total. The molecular weight excluding hydrogens is 401 g/mol. The molecule has 2 aromatic rings. The molecular formula is C19H24INO2. The second kappa shape index (κ2) is 8.43. The molecule has 0 atom stereocenters. The van der Waals surface area contributed by atoms with E-state index in [1.54, 1.807) is 7.11 Å². The van der Waals surface area contributed by atoms with Gasteiger partial charge in [0.1, 0.15) is 0 Å². The van der Waals surface area contributed by atoms with Crippen LogP contribution in [0.4, 0.5) is 5.69 Å². The lowest BCUT2D eigenvalue weighted by atomic mass is 10.1. The lowest BCUT2D eigenvalue weighted by molar-refractivity contribution is 0.292. The van der Waals surface area contributed by atoms with Gasteiger partial charge in [-0.25, -0.2) is 0 Å². The predicted octanol–water partition coefficient (Wildman–Crippen LogP) is 5.32. The zero-order chi connectivity index (χ0) is 16.8. The minimum Gasteiger partial charge on any atom is -0.493 e. The van der Waals surface area contributed by atoms with Gasteiger partial charge in [-0.1, -0.05) is 13.0 Å². The fraction of sp³-hybridized carbons (Fsp3) is 0.368. The van der Waals surface area contributed by atoms with Crippen LogP contribution < -0.4 is 14.8 Å². The van der Waals surface area contributed by atoms with Gasteiger partial charge < -0.3 is 14.8 Å². The van der Waals surface area contributed by atoms with Gasteiger partial charge in [-0.15, -0.1) is 0 Å². The Morgan fingerprint density at radius 2 is 1.87 bits per heavy atom. The molecule has 0 heterocycles. The quantitative estimate of drug-likeness (QED) is 0.610. The molecule has 0 aliphatic rings. The van der Waals surface area contributed by atoms with Crippen molar-refractivity contribution in [3.63, 3.8) is 0 Å². The molecule has 2 rings (SSSR count). The average Bonchev–Trinajstić information content (AvgIpc) is 2.54. The standard InChI is InChI=1S/C19H24INO2/c1-5-8-23-19-17(20)10-15(11-18(19)22-4)12-21-16-7-6-13(2)14(3)9-16/h6-7,9-11,21H,5,8,12H2,1-4H3. The summed E-state index contributed by atoms with van der Waals surface area (Å²) >= 11 is 2.31. The molecule has 0 aromatic heterocycles. The summed E-state index contributed by atoms with van der Waals surface area (Å²) in [5, 5.41) is 3.47. The highest BCUT2D eigenvalue weighted by molar-refractivity contribution is 14.1. The number of benzene rings is 2. The molecule has 0 saturated heterocycles. The third-order valence-corrected chi connectivity index (χ3v) is 4.54. The van der Waals surface area contributed by atoms with Crippen LogP contribution in [0.15, 0.2) is 30.3 Å². The van der Waals surface area contributed by atoms with E-state index in [4.69, 9.17) is 9.47 Å². The topological polar surface area (TPSA) is 30.5 Å². The van der Waals surface area contributed by atoms with Crippen molar-refractivity contribution in [2.75, 3.05) is 19.0 Å². The number of hydrogen-bond donors (Lipinski definition) is 1. The van der Waals surface area contributed by atoms with Crippen LogP contribution in [0.1, 0.15) is 30.0 Å². The monoisotopic (exact) mass is 425 g/mol. The first kappa shape index (κ1) is 17.9. The Morgan fingerprint density at radius 1 is 1.09 bits per heavy atom. The third kappa shape index (κ3) is 4.77. The smallest absolute Gasteiger partial charge is 0.174 e. The molecule has 0 saturated carbocycles. The summed E-state index contributed by atoms with van der Waals surface area (Å²) in [7, 11) is 1.69. The van der Waals surface area contributed by atoms with Gasteiger partial charge in [-0.05, 0) is 83.8 Å². The summed E-state index contributed by atoms with van der Waals surface area (Å²) in [5.41, 5.74) is 4.91. The van der Waals surface area contributed by atoms with Crippen LogP contribution in [0.25, 0.3) is 0 Å². The molecule has 4 heteroatoms. The largest absolute Gasteiger partial charge is 0.493 e. The van der Waals surface area contributed by atoms with E-state index in [0.29, 0.717) is 6.61 Å². The van der Waals surface area contributed by atoms with E-state index >= 15 is 0 Å². The van der Waals surface area contributed by atoms with Crippen LogP contribution in [-0.4, -0.2) is 13.7 Å². The summed E-state index contributed by atoms with van der Waals surface area (Å²) in [4.78, 5) is 0. The molecule has 0 unspecified atom stereocenters. The number of anilines is 1. The van der Waals surface area contributed by atoms with Gasteiger partial charge >= 0.3 is 0 Å². The Bertz CT molecular complexity index is 671. The van der Waals surface area contributed by atoms with Crippen LogP contribution in [0, 0.1) is 17.4 Å².